The minimum absolute atomic E-state index is 0.371. The van der Waals surface area contributed by atoms with Crippen LogP contribution in [0.5, 0.6) is 0 Å². The van der Waals surface area contributed by atoms with Crippen LogP contribution in [0.4, 0.5) is 0 Å². The van der Waals surface area contributed by atoms with Gasteiger partial charge in [0.1, 0.15) is 0 Å². The summed E-state index contributed by atoms with van der Waals surface area (Å²) in [5.41, 5.74) is 0. The van der Waals surface area contributed by atoms with Crippen LogP contribution in [0.2, 0.25) is 0 Å². The molecule has 0 radical (unpaired) electrons. The molecule has 60 valence electrons. The van der Waals surface area contributed by atoms with Crippen LogP contribution in [0.3, 0.4) is 0 Å². The van der Waals surface area contributed by atoms with Gasteiger partial charge in [-0.2, -0.15) is 11.8 Å². The van der Waals surface area contributed by atoms with E-state index in [1.807, 2.05) is 18.8 Å². The van der Waals surface area contributed by atoms with E-state index in [9.17, 15) is 0 Å². The number of rotatable bonds is 5. The van der Waals surface area contributed by atoms with E-state index in [-0.39, 0.29) is 0 Å². The average molecular weight is 177 g/mol. The van der Waals surface area contributed by atoms with Crippen molar-refractivity contribution < 1.29 is 0 Å². The molecule has 0 spiro atoms. The first-order chi connectivity index (χ1) is 4.72. The Bertz CT molecular complexity index is 104. The van der Waals surface area contributed by atoms with Gasteiger partial charge in [-0.25, -0.2) is 0 Å². The Kier molecular flexibility index (Phi) is 6.38. The van der Waals surface area contributed by atoms with E-state index in [1.165, 1.54) is 0 Å². The van der Waals surface area contributed by atoms with Crippen molar-refractivity contribution in [3.05, 3.63) is 11.5 Å². The number of hydrogen-bond acceptors (Lipinski definition) is 3. The van der Waals surface area contributed by atoms with Crippen molar-refractivity contribution in [3.8, 4) is 0 Å². The van der Waals surface area contributed by atoms with Crippen molar-refractivity contribution in [2.24, 2.45) is 0 Å². The molecule has 0 aliphatic heterocycles. The highest BCUT2D eigenvalue weighted by Gasteiger charge is 2.04. The molecule has 3 heteroatoms. The summed E-state index contributed by atoms with van der Waals surface area (Å²) in [6.45, 7) is 3.77. The largest absolute Gasteiger partial charge is 0.313 e. The number of likely N-dealkylation sites (N-methyl/N-ethyl adjacent to an activating group) is 1. The molecule has 0 heterocycles. The SMILES string of the molecule is C=C(S)[C@H](CCSC)NC. The van der Waals surface area contributed by atoms with E-state index in [2.05, 4.69) is 30.8 Å². The van der Waals surface area contributed by atoms with Gasteiger partial charge in [-0.1, -0.05) is 6.58 Å². The normalized spacial score (nSPS) is 13.1. The van der Waals surface area contributed by atoms with Crippen molar-refractivity contribution in [2.45, 2.75) is 12.5 Å². The first-order valence-electron chi connectivity index (χ1n) is 3.26. The van der Waals surface area contributed by atoms with Gasteiger partial charge in [0.2, 0.25) is 0 Å². The molecule has 0 aromatic rings. The van der Waals surface area contributed by atoms with Crippen molar-refractivity contribution in [3.63, 3.8) is 0 Å². The molecule has 0 saturated carbocycles. The lowest BCUT2D eigenvalue weighted by Crippen LogP contribution is -2.25. The van der Waals surface area contributed by atoms with Crippen LogP contribution in [0.25, 0.3) is 0 Å². The summed E-state index contributed by atoms with van der Waals surface area (Å²) in [6.07, 6.45) is 3.22. The minimum Gasteiger partial charge on any atom is -0.313 e. The topological polar surface area (TPSA) is 12.0 Å². The van der Waals surface area contributed by atoms with Crippen molar-refractivity contribution >= 4 is 24.4 Å². The second kappa shape index (κ2) is 6.13. The number of thioether (sulfide) groups is 1. The number of hydrogen-bond donors (Lipinski definition) is 2. The van der Waals surface area contributed by atoms with Crippen LogP contribution in [-0.2, 0) is 0 Å². The Morgan fingerprint density at radius 3 is 2.70 bits per heavy atom. The van der Waals surface area contributed by atoms with E-state index >= 15 is 0 Å². The second-order valence-corrected chi connectivity index (χ2v) is 3.67. The monoisotopic (exact) mass is 177 g/mol. The molecule has 0 amide bonds. The van der Waals surface area contributed by atoms with Crippen LogP contribution in [0.1, 0.15) is 6.42 Å². The first-order valence-corrected chi connectivity index (χ1v) is 5.10. The molecule has 0 unspecified atom stereocenters. The molecule has 0 rings (SSSR count). The quantitative estimate of drug-likeness (QED) is 0.621. The minimum atomic E-state index is 0.371. The third kappa shape index (κ3) is 4.25. The number of nitrogens with one attached hydrogen (secondary N) is 1. The van der Waals surface area contributed by atoms with Gasteiger partial charge < -0.3 is 5.32 Å². The molecular formula is C7H15NS2. The third-order valence-corrected chi connectivity index (χ3v) is 2.32. The maximum atomic E-state index is 4.18. The Labute approximate surface area is 73.1 Å². The predicted molar refractivity (Wildman–Crippen MR) is 54.0 cm³/mol. The Morgan fingerprint density at radius 1 is 1.80 bits per heavy atom. The Balaban J connectivity index is 3.50. The van der Waals surface area contributed by atoms with Crippen LogP contribution in [-0.4, -0.2) is 25.1 Å². The zero-order valence-corrected chi connectivity index (χ0v) is 8.27. The summed E-state index contributed by atoms with van der Waals surface area (Å²) in [7, 11) is 1.94. The van der Waals surface area contributed by atoms with Crippen LogP contribution >= 0.6 is 24.4 Å². The highest BCUT2D eigenvalue weighted by Crippen LogP contribution is 2.09. The highest BCUT2D eigenvalue weighted by molar-refractivity contribution is 7.98. The van der Waals surface area contributed by atoms with Crippen LogP contribution < -0.4 is 5.32 Å². The van der Waals surface area contributed by atoms with Gasteiger partial charge in [0.05, 0.1) is 0 Å². The molecule has 0 aromatic carbocycles. The van der Waals surface area contributed by atoms with Crippen molar-refractivity contribution in [2.75, 3.05) is 19.1 Å². The fourth-order valence-corrected chi connectivity index (χ4v) is 1.44. The zero-order valence-electron chi connectivity index (χ0n) is 6.55. The molecular weight excluding hydrogens is 162 g/mol. The predicted octanol–water partition coefficient (Wildman–Crippen LogP) is 1.77. The molecule has 0 aliphatic carbocycles. The lowest BCUT2D eigenvalue weighted by Gasteiger charge is -2.13. The fourth-order valence-electron chi connectivity index (χ4n) is 0.713. The number of thiol groups is 1. The smallest absolute Gasteiger partial charge is 0.0376 e. The van der Waals surface area contributed by atoms with E-state index in [0.29, 0.717) is 6.04 Å². The maximum Gasteiger partial charge on any atom is 0.0376 e. The summed E-state index contributed by atoms with van der Waals surface area (Å²) in [5, 5.41) is 3.15. The second-order valence-electron chi connectivity index (χ2n) is 2.11. The molecule has 0 saturated heterocycles. The molecule has 0 fully saturated rings. The zero-order chi connectivity index (χ0) is 7.98. The summed E-state index contributed by atoms with van der Waals surface area (Å²) in [4.78, 5) is 0.927. The summed E-state index contributed by atoms with van der Waals surface area (Å²) < 4.78 is 0. The molecule has 0 aromatic heterocycles. The molecule has 0 aliphatic rings. The van der Waals surface area contributed by atoms with E-state index in [1.54, 1.807) is 0 Å². The molecule has 0 bridgehead atoms. The van der Waals surface area contributed by atoms with Gasteiger partial charge in [-0.05, 0) is 30.4 Å². The van der Waals surface area contributed by atoms with E-state index in [4.69, 9.17) is 0 Å². The molecule has 10 heavy (non-hydrogen) atoms. The van der Waals surface area contributed by atoms with Gasteiger partial charge >= 0.3 is 0 Å². The maximum absolute atomic E-state index is 4.18. The third-order valence-electron chi connectivity index (χ3n) is 1.36. The molecule has 1 N–H and O–H groups in total. The summed E-state index contributed by atoms with van der Waals surface area (Å²) in [5.74, 6) is 1.16. The van der Waals surface area contributed by atoms with Crippen LogP contribution in [0, 0.1) is 0 Å². The van der Waals surface area contributed by atoms with Crippen molar-refractivity contribution in [1.82, 2.24) is 5.32 Å². The van der Waals surface area contributed by atoms with Crippen molar-refractivity contribution in [1.29, 1.82) is 0 Å². The lowest BCUT2D eigenvalue weighted by atomic mass is 10.2. The standard InChI is InChI=1S/C7H15NS2/c1-6(9)7(8-2)4-5-10-3/h7-9H,1,4-5H2,2-3H3/t7-/m0/s1. The van der Waals surface area contributed by atoms with Gasteiger partial charge in [0.25, 0.3) is 0 Å². The highest BCUT2D eigenvalue weighted by atomic mass is 32.2. The first kappa shape index (κ1) is 10.4. The summed E-state index contributed by atoms with van der Waals surface area (Å²) >= 11 is 6.03. The van der Waals surface area contributed by atoms with E-state index in [0.717, 1.165) is 17.1 Å². The summed E-state index contributed by atoms with van der Waals surface area (Å²) in [6, 6.07) is 0.371. The lowest BCUT2D eigenvalue weighted by molar-refractivity contribution is 0.647. The molecule has 1 nitrogen and oxygen atoms in total. The van der Waals surface area contributed by atoms with Gasteiger partial charge in [0.15, 0.2) is 0 Å². The average Bonchev–Trinajstić information content (AvgIpc) is 1.89. The Hall–Kier alpha value is 0.400. The van der Waals surface area contributed by atoms with Gasteiger partial charge in [-0.15, -0.1) is 12.6 Å². The fraction of sp³-hybridized carbons (Fsp3) is 0.714. The Morgan fingerprint density at radius 2 is 2.40 bits per heavy atom. The van der Waals surface area contributed by atoms with Gasteiger partial charge in [0, 0.05) is 6.04 Å². The van der Waals surface area contributed by atoms with Gasteiger partial charge in [-0.3, -0.25) is 0 Å². The van der Waals surface area contributed by atoms with E-state index < -0.39 is 0 Å². The van der Waals surface area contributed by atoms with Crippen LogP contribution in [0.15, 0.2) is 11.5 Å². The molecule has 1 atom stereocenters.